The highest BCUT2D eigenvalue weighted by atomic mass is 35.5. The summed E-state index contributed by atoms with van der Waals surface area (Å²) < 4.78 is 1.73. The first-order valence-electron chi connectivity index (χ1n) is 7.14. The fourth-order valence-corrected chi connectivity index (χ4v) is 5.29. The van der Waals surface area contributed by atoms with E-state index in [0.717, 1.165) is 25.5 Å². The summed E-state index contributed by atoms with van der Waals surface area (Å²) in [5.41, 5.74) is 2.45. The van der Waals surface area contributed by atoms with Crippen LogP contribution in [0.3, 0.4) is 0 Å². The van der Waals surface area contributed by atoms with E-state index in [1.165, 1.54) is 11.8 Å². The summed E-state index contributed by atoms with van der Waals surface area (Å²) in [5.74, 6) is 0.186. The molecule has 0 saturated heterocycles. The highest BCUT2D eigenvalue weighted by molar-refractivity contribution is 8.34. The number of ketones is 1. The Labute approximate surface area is 155 Å². The van der Waals surface area contributed by atoms with Gasteiger partial charge in [0.2, 0.25) is 0 Å². The van der Waals surface area contributed by atoms with Gasteiger partial charge in [0, 0.05) is 17.1 Å². The first-order chi connectivity index (χ1) is 10.8. The molecule has 0 bridgehead atoms. The maximum Gasteiger partial charge on any atom is 0.167 e. The summed E-state index contributed by atoms with van der Waals surface area (Å²) in [4.78, 5) is 14.7. The molecule has 0 aromatic heterocycles. The van der Waals surface area contributed by atoms with Crippen LogP contribution in [0.25, 0.3) is 0 Å². The Kier molecular flexibility index (Phi) is 4.67. The molecule has 1 aromatic carbocycles. The molecule has 0 atom stereocenters. The molecule has 1 aliphatic carbocycles. The van der Waals surface area contributed by atoms with Gasteiger partial charge in [0.05, 0.1) is 15.5 Å². The lowest BCUT2D eigenvalue weighted by Gasteiger charge is -2.39. The van der Waals surface area contributed by atoms with Crippen LogP contribution in [0.5, 0.6) is 0 Å². The smallest absolute Gasteiger partial charge is 0.167 e. The number of rotatable bonds is 2. The normalized spacial score (nSPS) is 20.5. The molecule has 1 aliphatic heterocycles. The van der Waals surface area contributed by atoms with Gasteiger partial charge in [-0.3, -0.25) is 9.69 Å². The number of benzene rings is 1. The van der Waals surface area contributed by atoms with E-state index in [9.17, 15) is 4.79 Å². The Morgan fingerprint density at radius 3 is 2.57 bits per heavy atom. The lowest BCUT2D eigenvalue weighted by Crippen LogP contribution is -2.37. The molecule has 2 nitrogen and oxygen atoms in total. The van der Waals surface area contributed by atoms with Crippen LogP contribution in [0.1, 0.15) is 20.3 Å². The highest BCUT2D eigenvalue weighted by Crippen LogP contribution is 2.48. The van der Waals surface area contributed by atoms with Crippen molar-refractivity contribution in [3.63, 3.8) is 0 Å². The number of thioether (sulfide) groups is 2. The number of anilines is 1. The van der Waals surface area contributed by atoms with Gasteiger partial charge in [-0.1, -0.05) is 55.5 Å². The Morgan fingerprint density at radius 2 is 1.96 bits per heavy atom. The number of carbonyl (C=O) groups is 1. The van der Waals surface area contributed by atoms with Gasteiger partial charge in [0.25, 0.3) is 0 Å². The number of thiocarbonyl (C=S) groups is 1. The number of hydrogen-bond donors (Lipinski definition) is 0. The summed E-state index contributed by atoms with van der Waals surface area (Å²) in [6.45, 7) is 4.16. The van der Waals surface area contributed by atoms with Crippen LogP contribution in [0.4, 0.5) is 5.69 Å². The number of nitrogens with zero attached hydrogens (tertiary/aromatic N) is 1. The van der Waals surface area contributed by atoms with Gasteiger partial charge in [-0.15, -0.1) is 11.8 Å². The van der Waals surface area contributed by atoms with Gasteiger partial charge < -0.3 is 0 Å². The molecule has 0 unspecified atom stereocenters. The molecule has 0 saturated carbocycles. The lowest BCUT2D eigenvalue weighted by atomic mass is 9.78. The zero-order valence-electron chi connectivity index (χ0n) is 13.1. The van der Waals surface area contributed by atoms with E-state index in [4.69, 9.17) is 23.8 Å². The van der Waals surface area contributed by atoms with E-state index in [-0.39, 0.29) is 11.2 Å². The molecule has 2 aliphatic rings. The van der Waals surface area contributed by atoms with Crippen molar-refractivity contribution in [1.82, 2.24) is 0 Å². The van der Waals surface area contributed by atoms with Crippen LogP contribution in [-0.4, -0.2) is 16.4 Å². The van der Waals surface area contributed by atoms with Crippen molar-refractivity contribution in [2.45, 2.75) is 20.3 Å². The highest BCUT2D eigenvalue weighted by Gasteiger charge is 2.39. The topological polar surface area (TPSA) is 20.3 Å². The summed E-state index contributed by atoms with van der Waals surface area (Å²) >= 11 is 14.7. The molecule has 120 valence electrons. The molecule has 1 aromatic rings. The van der Waals surface area contributed by atoms with Crippen molar-refractivity contribution in [3.8, 4) is 0 Å². The quantitative estimate of drug-likeness (QED) is 0.616. The van der Waals surface area contributed by atoms with Crippen molar-refractivity contribution in [2.24, 2.45) is 5.41 Å². The van der Waals surface area contributed by atoms with Gasteiger partial charge in [-0.25, -0.2) is 0 Å². The molecule has 0 spiro atoms. The third-order valence-corrected chi connectivity index (χ3v) is 6.51. The van der Waals surface area contributed by atoms with Crippen LogP contribution < -0.4 is 4.90 Å². The van der Waals surface area contributed by atoms with Crippen LogP contribution in [0.2, 0.25) is 5.02 Å². The van der Waals surface area contributed by atoms with Crippen molar-refractivity contribution in [3.05, 3.63) is 50.9 Å². The Morgan fingerprint density at radius 1 is 1.30 bits per heavy atom. The molecular weight excluding hydrogens is 366 g/mol. The zero-order chi connectivity index (χ0) is 16.8. The molecule has 0 N–H and O–H groups in total. The molecular formula is C17H16ClNOS3. The van der Waals surface area contributed by atoms with Crippen molar-refractivity contribution >= 4 is 63.1 Å². The molecule has 6 heteroatoms. The number of halogens is 1. The van der Waals surface area contributed by atoms with Gasteiger partial charge in [-0.05, 0) is 35.9 Å². The van der Waals surface area contributed by atoms with Gasteiger partial charge in [0.15, 0.2) is 10.1 Å². The second kappa shape index (κ2) is 6.28. The van der Waals surface area contributed by atoms with E-state index in [1.54, 1.807) is 11.8 Å². The van der Waals surface area contributed by atoms with Crippen LogP contribution in [-0.2, 0) is 4.79 Å². The number of carbonyl (C=O) groups excluding carboxylic acids is 1. The summed E-state index contributed by atoms with van der Waals surface area (Å²) in [6, 6.07) is 7.55. The summed E-state index contributed by atoms with van der Waals surface area (Å²) in [6.07, 6.45) is 4.68. The van der Waals surface area contributed by atoms with E-state index in [0.29, 0.717) is 11.4 Å². The second-order valence-electron chi connectivity index (χ2n) is 6.16. The van der Waals surface area contributed by atoms with Crippen molar-refractivity contribution in [2.75, 3.05) is 11.2 Å². The molecule has 3 rings (SSSR count). The van der Waals surface area contributed by atoms with Gasteiger partial charge >= 0.3 is 0 Å². The van der Waals surface area contributed by atoms with Crippen molar-refractivity contribution < 1.29 is 4.79 Å². The predicted molar refractivity (Wildman–Crippen MR) is 106 cm³/mol. The number of allylic oxidation sites excluding steroid dienone is 2. The first-order valence-corrected chi connectivity index (χ1v) is 9.97. The first kappa shape index (κ1) is 17.1. The standard InChI is InChI=1S/C17H16ClNOS3/c1-17(2)8-12-14(13(20)9-17)15(22-3)23-16(21)19(12)11-6-4-10(18)5-7-11/h4-8H,9H2,1-3H3. The number of fused-ring (bicyclic) bond motifs is 1. The fraction of sp³-hybridized carbons (Fsp3) is 0.294. The maximum atomic E-state index is 12.7. The van der Waals surface area contributed by atoms with Gasteiger partial charge in [-0.2, -0.15) is 0 Å². The SMILES string of the molecule is CSC1=C2C(=O)CC(C)(C)C=C2N(c2ccc(Cl)cc2)C(=S)S1. The van der Waals surface area contributed by atoms with E-state index in [2.05, 4.69) is 19.9 Å². The van der Waals surface area contributed by atoms with E-state index in [1.807, 2.05) is 35.4 Å². The number of Topliss-reactive ketones (excluding diaryl/α,β-unsaturated/α-hetero) is 1. The predicted octanol–water partition coefficient (Wildman–Crippen LogP) is 5.64. The van der Waals surface area contributed by atoms with Crippen LogP contribution >= 0.6 is 47.3 Å². The molecule has 23 heavy (non-hydrogen) atoms. The minimum Gasteiger partial charge on any atom is -0.295 e. The average Bonchev–Trinajstić information content (AvgIpc) is 2.46. The molecule has 1 heterocycles. The average molecular weight is 382 g/mol. The molecule has 0 radical (unpaired) electrons. The number of hydrogen-bond acceptors (Lipinski definition) is 4. The summed E-state index contributed by atoms with van der Waals surface area (Å²) in [5, 5.41) is 0.680. The third kappa shape index (κ3) is 3.25. The van der Waals surface area contributed by atoms with Crippen LogP contribution in [0.15, 0.2) is 45.8 Å². The van der Waals surface area contributed by atoms with Crippen LogP contribution in [0, 0.1) is 5.41 Å². The minimum atomic E-state index is -0.179. The third-order valence-electron chi connectivity index (χ3n) is 3.76. The maximum absolute atomic E-state index is 12.7. The molecule has 0 amide bonds. The van der Waals surface area contributed by atoms with E-state index >= 15 is 0 Å². The second-order valence-corrected chi connectivity index (χ2v) is 9.32. The summed E-state index contributed by atoms with van der Waals surface area (Å²) in [7, 11) is 0. The zero-order valence-corrected chi connectivity index (χ0v) is 16.3. The lowest BCUT2D eigenvalue weighted by molar-refractivity contribution is -0.117. The van der Waals surface area contributed by atoms with Crippen molar-refractivity contribution in [1.29, 1.82) is 0 Å². The Hall–Kier alpha value is -0.750. The fourth-order valence-electron chi connectivity index (χ4n) is 2.79. The van der Waals surface area contributed by atoms with E-state index < -0.39 is 0 Å². The molecule has 0 fully saturated rings. The monoisotopic (exact) mass is 381 g/mol. The largest absolute Gasteiger partial charge is 0.295 e. The minimum absolute atomic E-state index is 0.179. The van der Waals surface area contributed by atoms with Gasteiger partial charge in [0.1, 0.15) is 0 Å². The Balaban J connectivity index is 2.19. The Bertz CT molecular complexity index is 750.